The van der Waals surface area contributed by atoms with Gasteiger partial charge in [0.05, 0.1) is 6.10 Å². The Labute approximate surface area is 162 Å². The standard InChI is InChI=1S/C19H20F2N2O3.ClH/c20-13-3-1-2-12(8-13)11-25-17-6-4-14(9-16(17)21)23-19(24)18-7-5-15(10-22)26-18;/h1-4,6,8-9,15,18H,5,7,10-11,22H2,(H,23,24);1H/t15-,18+;/m1./s1. The van der Waals surface area contributed by atoms with Crippen LogP contribution in [0.3, 0.4) is 0 Å². The van der Waals surface area contributed by atoms with Crippen molar-refractivity contribution in [3.05, 3.63) is 59.7 Å². The molecule has 1 amide bonds. The van der Waals surface area contributed by atoms with Gasteiger partial charge in [-0.1, -0.05) is 12.1 Å². The van der Waals surface area contributed by atoms with Crippen molar-refractivity contribution >= 4 is 24.0 Å². The zero-order valence-corrected chi connectivity index (χ0v) is 15.3. The van der Waals surface area contributed by atoms with Crippen molar-refractivity contribution in [3.8, 4) is 5.75 Å². The zero-order chi connectivity index (χ0) is 18.5. The summed E-state index contributed by atoms with van der Waals surface area (Å²) in [6, 6.07) is 10.0. The first kappa shape index (κ1) is 21.1. The highest BCUT2D eigenvalue weighted by Gasteiger charge is 2.29. The number of nitrogens with two attached hydrogens (primary N) is 1. The van der Waals surface area contributed by atoms with Gasteiger partial charge in [-0.3, -0.25) is 4.79 Å². The van der Waals surface area contributed by atoms with Crippen LogP contribution in [-0.2, 0) is 16.1 Å². The molecule has 0 aliphatic carbocycles. The van der Waals surface area contributed by atoms with Gasteiger partial charge in [-0.2, -0.15) is 0 Å². The Balaban J connectivity index is 0.00000261. The van der Waals surface area contributed by atoms with E-state index in [1.165, 1.54) is 30.3 Å². The normalized spacial score (nSPS) is 18.6. The van der Waals surface area contributed by atoms with E-state index in [1.54, 1.807) is 12.1 Å². The molecule has 0 spiro atoms. The number of carbonyl (C=O) groups is 1. The summed E-state index contributed by atoms with van der Waals surface area (Å²) in [4.78, 5) is 12.1. The average Bonchev–Trinajstić information content (AvgIpc) is 3.10. The van der Waals surface area contributed by atoms with Crippen LogP contribution in [-0.4, -0.2) is 24.7 Å². The molecule has 27 heavy (non-hydrogen) atoms. The van der Waals surface area contributed by atoms with Crippen molar-refractivity contribution in [2.24, 2.45) is 5.73 Å². The third-order valence-electron chi connectivity index (χ3n) is 4.15. The van der Waals surface area contributed by atoms with Crippen molar-refractivity contribution in [2.75, 3.05) is 11.9 Å². The van der Waals surface area contributed by atoms with Crippen molar-refractivity contribution in [1.82, 2.24) is 0 Å². The SMILES string of the molecule is Cl.NC[C@H]1CC[C@@H](C(=O)Nc2ccc(OCc3cccc(F)c3)c(F)c2)O1. The van der Waals surface area contributed by atoms with Gasteiger partial charge in [0.25, 0.3) is 5.91 Å². The van der Waals surface area contributed by atoms with Crippen LogP contribution >= 0.6 is 12.4 Å². The minimum Gasteiger partial charge on any atom is -0.486 e. The number of halogens is 3. The molecule has 5 nitrogen and oxygen atoms in total. The number of anilines is 1. The van der Waals surface area contributed by atoms with Crippen LogP contribution in [0.4, 0.5) is 14.5 Å². The summed E-state index contributed by atoms with van der Waals surface area (Å²) >= 11 is 0. The predicted octanol–water partition coefficient (Wildman–Crippen LogP) is 3.41. The molecule has 1 fully saturated rings. The van der Waals surface area contributed by atoms with Crippen molar-refractivity contribution in [3.63, 3.8) is 0 Å². The summed E-state index contributed by atoms with van der Waals surface area (Å²) in [6.45, 7) is 0.409. The number of hydrogen-bond donors (Lipinski definition) is 2. The van der Waals surface area contributed by atoms with Crippen LogP contribution in [0.2, 0.25) is 0 Å². The van der Waals surface area contributed by atoms with E-state index in [-0.39, 0.29) is 42.6 Å². The molecule has 3 N–H and O–H groups in total. The molecular weight excluding hydrogens is 378 g/mol. The van der Waals surface area contributed by atoms with E-state index in [0.717, 1.165) is 6.42 Å². The smallest absolute Gasteiger partial charge is 0.253 e. The number of amides is 1. The van der Waals surface area contributed by atoms with Gasteiger partial charge in [0, 0.05) is 18.3 Å². The van der Waals surface area contributed by atoms with E-state index in [2.05, 4.69) is 5.32 Å². The lowest BCUT2D eigenvalue weighted by molar-refractivity contribution is -0.126. The Kier molecular flexibility index (Phi) is 7.53. The monoisotopic (exact) mass is 398 g/mol. The molecule has 8 heteroatoms. The molecule has 2 atom stereocenters. The first-order valence-corrected chi connectivity index (χ1v) is 8.38. The fourth-order valence-electron chi connectivity index (χ4n) is 2.78. The van der Waals surface area contributed by atoms with E-state index >= 15 is 0 Å². The molecule has 3 rings (SSSR count). The molecule has 0 bridgehead atoms. The quantitative estimate of drug-likeness (QED) is 0.782. The maximum absolute atomic E-state index is 14.2. The summed E-state index contributed by atoms with van der Waals surface area (Å²) in [5.74, 6) is -1.30. The topological polar surface area (TPSA) is 73.6 Å². The Morgan fingerprint density at radius 3 is 2.70 bits per heavy atom. The van der Waals surface area contributed by atoms with E-state index in [4.69, 9.17) is 15.2 Å². The number of nitrogens with one attached hydrogen (secondary N) is 1. The molecule has 0 aromatic heterocycles. The van der Waals surface area contributed by atoms with E-state index < -0.39 is 11.9 Å². The van der Waals surface area contributed by atoms with Gasteiger partial charge in [-0.05, 0) is 42.7 Å². The zero-order valence-electron chi connectivity index (χ0n) is 14.5. The second-order valence-corrected chi connectivity index (χ2v) is 6.11. The summed E-state index contributed by atoms with van der Waals surface area (Å²) in [5.41, 5.74) is 6.43. The molecule has 1 saturated heterocycles. The van der Waals surface area contributed by atoms with Gasteiger partial charge < -0.3 is 20.5 Å². The molecule has 2 aromatic carbocycles. The highest BCUT2D eigenvalue weighted by atomic mass is 35.5. The van der Waals surface area contributed by atoms with Crippen LogP contribution in [0.15, 0.2) is 42.5 Å². The highest BCUT2D eigenvalue weighted by Crippen LogP contribution is 2.24. The second kappa shape index (κ2) is 9.64. The minimum absolute atomic E-state index is 0. The molecule has 1 aliphatic rings. The van der Waals surface area contributed by atoms with Crippen LogP contribution < -0.4 is 15.8 Å². The van der Waals surface area contributed by atoms with E-state index in [9.17, 15) is 13.6 Å². The maximum atomic E-state index is 14.2. The summed E-state index contributed by atoms with van der Waals surface area (Å²) in [6.07, 6.45) is 0.637. The molecule has 1 aliphatic heterocycles. The number of hydrogen-bond acceptors (Lipinski definition) is 4. The van der Waals surface area contributed by atoms with Gasteiger partial charge in [0.1, 0.15) is 18.5 Å². The number of benzene rings is 2. The van der Waals surface area contributed by atoms with Crippen LogP contribution in [0.25, 0.3) is 0 Å². The molecule has 0 saturated carbocycles. The lowest BCUT2D eigenvalue weighted by Gasteiger charge is -2.13. The lowest BCUT2D eigenvalue weighted by atomic mass is 10.2. The largest absolute Gasteiger partial charge is 0.486 e. The molecule has 0 unspecified atom stereocenters. The summed E-state index contributed by atoms with van der Waals surface area (Å²) < 4.78 is 38.2. The third kappa shape index (κ3) is 5.63. The lowest BCUT2D eigenvalue weighted by Crippen LogP contribution is -2.29. The van der Waals surface area contributed by atoms with Crippen LogP contribution in [0.1, 0.15) is 18.4 Å². The van der Waals surface area contributed by atoms with Crippen LogP contribution in [0, 0.1) is 11.6 Å². The second-order valence-electron chi connectivity index (χ2n) is 6.11. The Bertz CT molecular complexity index is 791. The summed E-state index contributed by atoms with van der Waals surface area (Å²) in [5, 5.41) is 2.63. The fourth-order valence-corrected chi connectivity index (χ4v) is 2.78. The minimum atomic E-state index is -0.619. The molecule has 2 aromatic rings. The van der Waals surface area contributed by atoms with E-state index in [0.29, 0.717) is 24.2 Å². The average molecular weight is 399 g/mol. The predicted molar refractivity (Wildman–Crippen MR) is 100.0 cm³/mol. The van der Waals surface area contributed by atoms with Crippen LogP contribution in [0.5, 0.6) is 5.75 Å². The number of carbonyl (C=O) groups excluding carboxylic acids is 1. The summed E-state index contributed by atoms with van der Waals surface area (Å²) in [7, 11) is 0. The fraction of sp³-hybridized carbons (Fsp3) is 0.316. The van der Waals surface area contributed by atoms with Gasteiger partial charge >= 0.3 is 0 Å². The van der Waals surface area contributed by atoms with Gasteiger partial charge in [0.15, 0.2) is 11.6 Å². The van der Waals surface area contributed by atoms with Gasteiger partial charge in [-0.15, -0.1) is 12.4 Å². The molecule has 0 radical (unpaired) electrons. The first-order valence-electron chi connectivity index (χ1n) is 8.38. The van der Waals surface area contributed by atoms with Crippen molar-refractivity contribution < 1.29 is 23.0 Å². The molecule has 1 heterocycles. The maximum Gasteiger partial charge on any atom is 0.253 e. The van der Waals surface area contributed by atoms with Crippen molar-refractivity contribution in [1.29, 1.82) is 0 Å². The number of rotatable bonds is 6. The van der Waals surface area contributed by atoms with Crippen molar-refractivity contribution in [2.45, 2.75) is 31.7 Å². The highest BCUT2D eigenvalue weighted by molar-refractivity contribution is 5.94. The first-order chi connectivity index (χ1) is 12.5. The van der Waals surface area contributed by atoms with E-state index in [1.807, 2.05) is 0 Å². The Morgan fingerprint density at radius 1 is 1.22 bits per heavy atom. The Morgan fingerprint density at radius 2 is 2.04 bits per heavy atom. The third-order valence-corrected chi connectivity index (χ3v) is 4.15. The van der Waals surface area contributed by atoms with Gasteiger partial charge in [-0.25, -0.2) is 8.78 Å². The molecular formula is C19H21ClF2N2O3. The number of ether oxygens (including phenoxy) is 2. The Hall–Kier alpha value is -2.22. The van der Waals surface area contributed by atoms with Gasteiger partial charge in [0.2, 0.25) is 0 Å². The molecule has 146 valence electrons.